The molecule has 0 unspecified atom stereocenters. The predicted molar refractivity (Wildman–Crippen MR) is 73.7 cm³/mol. The maximum absolute atomic E-state index is 11.3. The minimum absolute atomic E-state index is 0. The molecule has 1 radical (unpaired) electrons. The number of nitrogens with two attached hydrogens (primary N) is 1. The van der Waals surface area contributed by atoms with Gasteiger partial charge in [-0.05, 0) is 29.7 Å². The third-order valence-electron chi connectivity index (χ3n) is 2.49. The van der Waals surface area contributed by atoms with Gasteiger partial charge in [-0.3, -0.25) is 9.11 Å². The summed E-state index contributed by atoms with van der Waals surface area (Å²) in [7, 11) is -9.25. The molecule has 20 heavy (non-hydrogen) atoms. The van der Waals surface area contributed by atoms with E-state index in [0.717, 1.165) is 6.07 Å². The zero-order valence-corrected chi connectivity index (χ0v) is 13.9. The second-order valence-electron chi connectivity index (χ2n) is 3.85. The SMILES string of the molecule is Nc1ccc2cc(S(=O)(=O)O)cc(S(=O)(=O)O)c2c1.[Na]. The Hall–Kier alpha value is -0.680. The molecule has 0 aromatic heterocycles. The number of hydrogen-bond donors (Lipinski definition) is 3. The fraction of sp³-hybridized carbons (Fsp3) is 0. The first-order valence-corrected chi connectivity index (χ1v) is 7.75. The van der Waals surface area contributed by atoms with Crippen molar-refractivity contribution in [1.82, 2.24) is 0 Å². The van der Waals surface area contributed by atoms with Crippen LogP contribution in [0, 0.1) is 0 Å². The standard InChI is InChI=1S/C10H9NO6S2.Na/c11-7-2-1-6-3-8(18(12,13)14)5-10(9(6)4-7)19(15,16)17;/h1-5H,11H2,(H,12,13,14)(H,15,16,17);. The molecule has 10 heteroatoms. The molecule has 0 heterocycles. The molecule has 2 aromatic rings. The zero-order valence-electron chi connectivity index (χ0n) is 10.3. The Morgan fingerprint density at radius 1 is 0.900 bits per heavy atom. The molecule has 0 saturated carbocycles. The molecule has 0 fully saturated rings. The summed E-state index contributed by atoms with van der Waals surface area (Å²) in [6, 6.07) is 5.86. The average Bonchev–Trinajstić information content (AvgIpc) is 2.24. The summed E-state index contributed by atoms with van der Waals surface area (Å²) in [6.45, 7) is 0. The van der Waals surface area contributed by atoms with E-state index in [0.29, 0.717) is 6.07 Å². The van der Waals surface area contributed by atoms with Crippen molar-refractivity contribution in [2.75, 3.05) is 5.73 Å². The molecule has 0 saturated heterocycles. The molecule has 0 atom stereocenters. The largest absolute Gasteiger partial charge is 0.399 e. The molecule has 0 aliphatic rings. The molecule has 0 amide bonds. The van der Waals surface area contributed by atoms with Crippen LogP contribution in [0.4, 0.5) is 5.69 Å². The van der Waals surface area contributed by atoms with E-state index in [1.165, 1.54) is 18.2 Å². The minimum Gasteiger partial charge on any atom is -0.399 e. The van der Waals surface area contributed by atoms with Crippen LogP contribution in [0.15, 0.2) is 40.1 Å². The predicted octanol–water partition coefficient (Wildman–Crippen LogP) is 0.535. The van der Waals surface area contributed by atoms with Crippen molar-refractivity contribution in [3.8, 4) is 0 Å². The van der Waals surface area contributed by atoms with Crippen LogP contribution in [0.2, 0.25) is 0 Å². The quantitative estimate of drug-likeness (QED) is 0.416. The fourth-order valence-corrected chi connectivity index (χ4v) is 3.03. The van der Waals surface area contributed by atoms with Gasteiger partial charge in [-0.25, -0.2) is 0 Å². The van der Waals surface area contributed by atoms with E-state index < -0.39 is 30.0 Å². The molecule has 0 bridgehead atoms. The van der Waals surface area contributed by atoms with Crippen molar-refractivity contribution in [3.05, 3.63) is 30.3 Å². The number of rotatable bonds is 2. The summed E-state index contributed by atoms with van der Waals surface area (Å²) in [5.41, 5.74) is 5.76. The number of nitrogen functional groups attached to an aromatic ring is 1. The van der Waals surface area contributed by atoms with Crippen molar-refractivity contribution in [2.24, 2.45) is 0 Å². The molecule has 7 nitrogen and oxygen atoms in total. The Balaban J connectivity index is 0.00000200. The van der Waals surface area contributed by atoms with Crippen molar-refractivity contribution in [1.29, 1.82) is 0 Å². The van der Waals surface area contributed by atoms with E-state index in [1.807, 2.05) is 0 Å². The Kier molecular flexibility index (Phi) is 4.87. The number of benzene rings is 2. The monoisotopic (exact) mass is 326 g/mol. The van der Waals surface area contributed by atoms with E-state index in [4.69, 9.17) is 14.8 Å². The Morgan fingerprint density at radius 2 is 1.50 bits per heavy atom. The fourth-order valence-electron chi connectivity index (χ4n) is 1.68. The van der Waals surface area contributed by atoms with Crippen LogP contribution in [-0.2, 0) is 20.2 Å². The van der Waals surface area contributed by atoms with Crippen molar-refractivity contribution in [2.45, 2.75) is 9.79 Å². The smallest absolute Gasteiger partial charge is 0.295 e. The van der Waals surface area contributed by atoms with Gasteiger partial charge in [0.15, 0.2) is 0 Å². The first-order chi connectivity index (χ1) is 8.59. The van der Waals surface area contributed by atoms with Crippen LogP contribution in [0.5, 0.6) is 0 Å². The summed E-state index contributed by atoms with van der Waals surface area (Å²) in [5, 5.41) is 0.270. The topological polar surface area (TPSA) is 135 Å². The molecule has 2 rings (SSSR count). The summed E-state index contributed by atoms with van der Waals surface area (Å²) < 4.78 is 62.8. The van der Waals surface area contributed by atoms with Gasteiger partial charge in [0.25, 0.3) is 20.2 Å². The Labute approximate surface area is 137 Å². The van der Waals surface area contributed by atoms with Crippen LogP contribution < -0.4 is 5.73 Å². The van der Waals surface area contributed by atoms with Gasteiger partial charge in [0.1, 0.15) is 4.90 Å². The van der Waals surface area contributed by atoms with Crippen LogP contribution in [0.1, 0.15) is 0 Å². The van der Waals surface area contributed by atoms with Crippen molar-refractivity contribution in [3.63, 3.8) is 0 Å². The molecule has 0 aliphatic carbocycles. The molecule has 0 aliphatic heterocycles. The van der Waals surface area contributed by atoms with Gasteiger partial charge in [-0.2, -0.15) is 16.8 Å². The van der Waals surface area contributed by atoms with Gasteiger partial charge in [0.05, 0.1) is 4.90 Å². The molecular formula is C10H9NNaO6S2. The molecule has 2 aromatic carbocycles. The van der Waals surface area contributed by atoms with Gasteiger partial charge in [0.2, 0.25) is 0 Å². The van der Waals surface area contributed by atoms with Crippen LogP contribution in [0.3, 0.4) is 0 Å². The van der Waals surface area contributed by atoms with E-state index >= 15 is 0 Å². The number of hydrogen-bond acceptors (Lipinski definition) is 5. The third kappa shape index (κ3) is 3.50. The van der Waals surface area contributed by atoms with E-state index in [9.17, 15) is 16.8 Å². The normalized spacial score (nSPS) is 12.1. The van der Waals surface area contributed by atoms with E-state index in [1.54, 1.807) is 0 Å². The van der Waals surface area contributed by atoms with Gasteiger partial charge in [-0.15, -0.1) is 0 Å². The maximum Gasteiger partial charge on any atom is 0.295 e. The average molecular weight is 326 g/mol. The molecular weight excluding hydrogens is 317 g/mol. The molecule has 4 N–H and O–H groups in total. The van der Waals surface area contributed by atoms with Crippen LogP contribution in [-0.4, -0.2) is 55.5 Å². The second kappa shape index (κ2) is 5.60. The molecule has 0 spiro atoms. The third-order valence-corrected chi connectivity index (χ3v) is 4.21. The number of anilines is 1. The first kappa shape index (κ1) is 17.4. The Morgan fingerprint density at radius 3 is 2.00 bits per heavy atom. The summed E-state index contributed by atoms with van der Waals surface area (Å²) in [5.74, 6) is 0. The summed E-state index contributed by atoms with van der Waals surface area (Å²) in [4.78, 5) is -1.26. The van der Waals surface area contributed by atoms with Crippen LogP contribution in [0.25, 0.3) is 10.8 Å². The van der Waals surface area contributed by atoms with Crippen LogP contribution >= 0.6 is 0 Å². The van der Waals surface area contributed by atoms with E-state index in [-0.39, 0.29) is 46.0 Å². The van der Waals surface area contributed by atoms with E-state index in [2.05, 4.69) is 0 Å². The zero-order chi connectivity index (χ0) is 14.4. The van der Waals surface area contributed by atoms with Gasteiger partial charge in [0, 0.05) is 40.6 Å². The number of fused-ring (bicyclic) bond motifs is 1. The van der Waals surface area contributed by atoms with Crippen molar-refractivity contribution < 1.29 is 25.9 Å². The summed E-state index contributed by atoms with van der Waals surface area (Å²) in [6.07, 6.45) is 0. The Bertz CT molecular complexity index is 876. The van der Waals surface area contributed by atoms with Gasteiger partial charge in [-0.1, -0.05) is 6.07 Å². The van der Waals surface area contributed by atoms with Crippen molar-refractivity contribution >= 4 is 66.3 Å². The first-order valence-electron chi connectivity index (χ1n) is 4.87. The summed E-state index contributed by atoms with van der Waals surface area (Å²) >= 11 is 0. The second-order valence-corrected chi connectivity index (χ2v) is 6.66. The van der Waals surface area contributed by atoms with Gasteiger partial charge >= 0.3 is 0 Å². The minimum atomic E-state index is -4.66. The molecule has 103 valence electrons. The van der Waals surface area contributed by atoms with Gasteiger partial charge < -0.3 is 5.73 Å². The maximum atomic E-state index is 11.3.